The molecule has 0 saturated heterocycles. The number of oxime groups is 1. The van der Waals surface area contributed by atoms with Crippen LogP contribution in [0.3, 0.4) is 0 Å². The maximum Gasteiger partial charge on any atom is 0.231 e. The first kappa shape index (κ1) is 7.50. The Kier molecular flexibility index (Phi) is 3.18. The molecule has 1 atom stereocenters. The molecule has 0 amide bonds. The summed E-state index contributed by atoms with van der Waals surface area (Å²) in [5, 5.41) is 3.54. The molecule has 0 aromatic rings. The molecule has 0 fully saturated rings. The lowest BCUT2D eigenvalue weighted by atomic mass is 10.5. The van der Waals surface area contributed by atoms with Crippen molar-refractivity contribution in [1.82, 2.24) is 0 Å². The second-order valence-electron chi connectivity index (χ2n) is 1.84. The van der Waals surface area contributed by atoms with Gasteiger partial charge in [-0.3, -0.25) is 0 Å². The van der Waals surface area contributed by atoms with Gasteiger partial charge >= 0.3 is 0 Å². The molecule has 0 spiro atoms. The van der Waals surface area contributed by atoms with E-state index in [4.69, 9.17) is 9.57 Å². The van der Waals surface area contributed by atoms with Gasteiger partial charge in [0.1, 0.15) is 0 Å². The standard InChI is InChI=1S/C6H10NO3/c1-8-4-5-9-6-2-3-7-10-6/h3,6H,1-2,4-5H2. The van der Waals surface area contributed by atoms with E-state index in [1.807, 2.05) is 0 Å². The number of hydrogen-bond acceptors (Lipinski definition) is 4. The third kappa shape index (κ3) is 2.33. The molecule has 1 radical (unpaired) electrons. The van der Waals surface area contributed by atoms with Crippen molar-refractivity contribution in [3.8, 4) is 0 Å². The molecular formula is C6H10NO3. The first-order valence-electron chi connectivity index (χ1n) is 3.09. The molecule has 0 aliphatic carbocycles. The van der Waals surface area contributed by atoms with Gasteiger partial charge in [0.05, 0.1) is 33.0 Å². The summed E-state index contributed by atoms with van der Waals surface area (Å²) in [7, 11) is 3.20. The summed E-state index contributed by atoms with van der Waals surface area (Å²) in [6.07, 6.45) is 2.18. The maximum absolute atomic E-state index is 5.13. The molecule has 0 aromatic heterocycles. The van der Waals surface area contributed by atoms with Gasteiger partial charge in [0.2, 0.25) is 6.29 Å². The predicted molar refractivity (Wildman–Crippen MR) is 35.2 cm³/mol. The lowest BCUT2D eigenvalue weighted by molar-refractivity contribution is -0.130. The molecule has 1 heterocycles. The summed E-state index contributed by atoms with van der Waals surface area (Å²) >= 11 is 0. The van der Waals surface area contributed by atoms with Gasteiger partial charge in [0.25, 0.3) is 0 Å². The highest BCUT2D eigenvalue weighted by molar-refractivity contribution is 5.58. The fraction of sp³-hybridized carbons (Fsp3) is 0.667. The van der Waals surface area contributed by atoms with Gasteiger partial charge in [0.15, 0.2) is 0 Å². The van der Waals surface area contributed by atoms with Crippen molar-refractivity contribution >= 4 is 6.21 Å². The molecule has 10 heavy (non-hydrogen) atoms. The summed E-state index contributed by atoms with van der Waals surface area (Å²) < 4.78 is 9.66. The van der Waals surface area contributed by atoms with Crippen molar-refractivity contribution in [2.24, 2.45) is 5.16 Å². The van der Waals surface area contributed by atoms with Crippen LogP contribution in [-0.4, -0.2) is 25.7 Å². The second kappa shape index (κ2) is 4.24. The minimum atomic E-state index is -0.213. The topological polar surface area (TPSA) is 40.0 Å². The quantitative estimate of drug-likeness (QED) is 0.541. The fourth-order valence-corrected chi connectivity index (χ4v) is 0.620. The van der Waals surface area contributed by atoms with Crippen LogP contribution in [-0.2, 0) is 14.3 Å². The Morgan fingerprint density at radius 1 is 1.70 bits per heavy atom. The first-order chi connectivity index (χ1) is 4.93. The number of ether oxygens (including phenoxy) is 2. The molecule has 1 unspecified atom stereocenters. The zero-order valence-corrected chi connectivity index (χ0v) is 5.66. The van der Waals surface area contributed by atoms with Gasteiger partial charge in [-0.15, -0.1) is 0 Å². The highest BCUT2D eigenvalue weighted by atomic mass is 16.8. The lowest BCUT2D eigenvalue weighted by Crippen LogP contribution is -2.13. The van der Waals surface area contributed by atoms with Crippen LogP contribution in [0.1, 0.15) is 6.42 Å². The average molecular weight is 144 g/mol. The smallest absolute Gasteiger partial charge is 0.231 e. The Bertz CT molecular complexity index is 108. The van der Waals surface area contributed by atoms with Gasteiger partial charge in [-0.25, -0.2) is 0 Å². The van der Waals surface area contributed by atoms with E-state index in [1.165, 1.54) is 0 Å². The van der Waals surface area contributed by atoms with Gasteiger partial charge in [-0.2, -0.15) is 0 Å². The Balaban J connectivity index is 1.93. The van der Waals surface area contributed by atoms with Gasteiger partial charge < -0.3 is 14.3 Å². The van der Waals surface area contributed by atoms with E-state index in [1.54, 1.807) is 6.21 Å². The predicted octanol–water partition coefficient (Wildman–Crippen LogP) is 0.543. The Morgan fingerprint density at radius 2 is 2.60 bits per heavy atom. The molecule has 0 aromatic carbocycles. The van der Waals surface area contributed by atoms with E-state index in [2.05, 4.69) is 17.0 Å². The van der Waals surface area contributed by atoms with Crippen molar-refractivity contribution in [3.05, 3.63) is 7.11 Å². The fourth-order valence-electron chi connectivity index (χ4n) is 0.620. The Hall–Kier alpha value is -0.610. The molecule has 0 bridgehead atoms. The minimum absolute atomic E-state index is 0.213. The molecular weight excluding hydrogens is 134 g/mol. The summed E-state index contributed by atoms with van der Waals surface area (Å²) in [4.78, 5) is 4.77. The van der Waals surface area contributed by atoms with Crippen LogP contribution in [0.4, 0.5) is 0 Å². The second-order valence-corrected chi connectivity index (χ2v) is 1.84. The molecule has 1 aliphatic heterocycles. The van der Waals surface area contributed by atoms with E-state index in [9.17, 15) is 0 Å². The normalized spacial score (nSPS) is 23.1. The Morgan fingerprint density at radius 3 is 3.20 bits per heavy atom. The molecule has 4 nitrogen and oxygen atoms in total. The summed E-state index contributed by atoms with van der Waals surface area (Å²) in [5.41, 5.74) is 0. The molecule has 1 aliphatic rings. The maximum atomic E-state index is 5.13. The first-order valence-corrected chi connectivity index (χ1v) is 3.09. The van der Waals surface area contributed by atoms with Crippen LogP contribution in [0.25, 0.3) is 0 Å². The van der Waals surface area contributed by atoms with Crippen LogP contribution in [0.15, 0.2) is 5.16 Å². The van der Waals surface area contributed by atoms with Crippen molar-refractivity contribution in [1.29, 1.82) is 0 Å². The minimum Gasteiger partial charge on any atom is -0.377 e. The highest BCUT2D eigenvalue weighted by Gasteiger charge is 2.12. The Labute approximate surface area is 59.7 Å². The van der Waals surface area contributed by atoms with Crippen LogP contribution in [0.5, 0.6) is 0 Å². The SMILES string of the molecule is [CH2]OCCOC1CC=NO1. The van der Waals surface area contributed by atoms with E-state index >= 15 is 0 Å². The summed E-state index contributed by atoms with van der Waals surface area (Å²) in [6, 6.07) is 0. The number of rotatable bonds is 4. The monoisotopic (exact) mass is 144 g/mol. The summed E-state index contributed by atoms with van der Waals surface area (Å²) in [5.74, 6) is 0. The van der Waals surface area contributed by atoms with E-state index in [-0.39, 0.29) is 6.29 Å². The third-order valence-electron chi connectivity index (χ3n) is 1.08. The van der Waals surface area contributed by atoms with Crippen molar-refractivity contribution in [2.75, 3.05) is 13.2 Å². The molecule has 57 valence electrons. The van der Waals surface area contributed by atoms with Crippen LogP contribution < -0.4 is 0 Å². The number of hydrogen-bond donors (Lipinski definition) is 0. The largest absolute Gasteiger partial charge is 0.377 e. The van der Waals surface area contributed by atoms with Gasteiger partial charge in [0, 0.05) is 0 Å². The lowest BCUT2D eigenvalue weighted by Gasteiger charge is -2.07. The third-order valence-corrected chi connectivity index (χ3v) is 1.08. The molecule has 4 heteroatoms. The van der Waals surface area contributed by atoms with Crippen LogP contribution >= 0.6 is 0 Å². The molecule has 0 N–H and O–H groups in total. The van der Waals surface area contributed by atoms with Gasteiger partial charge in [-0.05, 0) is 0 Å². The van der Waals surface area contributed by atoms with E-state index < -0.39 is 0 Å². The van der Waals surface area contributed by atoms with Crippen LogP contribution in [0.2, 0.25) is 0 Å². The van der Waals surface area contributed by atoms with E-state index in [0.717, 1.165) is 6.42 Å². The van der Waals surface area contributed by atoms with Crippen molar-refractivity contribution < 1.29 is 14.3 Å². The molecule has 0 saturated carbocycles. The zero-order valence-electron chi connectivity index (χ0n) is 5.66. The van der Waals surface area contributed by atoms with E-state index in [0.29, 0.717) is 13.2 Å². The highest BCUT2D eigenvalue weighted by Crippen LogP contribution is 2.05. The zero-order chi connectivity index (χ0) is 7.23. The van der Waals surface area contributed by atoms with Gasteiger partial charge in [-0.1, -0.05) is 5.16 Å². The summed E-state index contributed by atoms with van der Waals surface area (Å²) in [6.45, 7) is 0.984. The van der Waals surface area contributed by atoms with Crippen molar-refractivity contribution in [2.45, 2.75) is 12.7 Å². The van der Waals surface area contributed by atoms with Crippen molar-refractivity contribution in [3.63, 3.8) is 0 Å². The molecule has 1 rings (SSSR count). The number of nitrogens with zero attached hydrogens (tertiary/aromatic N) is 1. The van der Waals surface area contributed by atoms with Crippen LogP contribution in [0, 0.1) is 7.11 Å². The average Bonchev–Trinajstić information content (AvgIpc) is 2.41.